The van der Waals surface area contributed by atoms with Gasteiger partial charge in [-0.2, -0.15) is 5.26 Å². The van der Waals surface area contributed by atoms with Crippen molar-refractivity contribution in [3.8, 4) is 11.8 Å². The number of nitrogens with zero attached hydrogens (tertiary/aromatic N) is 1. The maximum Gasteiger partial charge on any atom is 0.148 e. The summed E-state index contributed by atoms with van der Waals surface area (Å²) in [5, 5.41) is 10.1. The van der Waals surface area contributed by atoms with E-state index in [9.17, 15) is 5.26 Å². The second kappa shape index (κ2) is 9.23. The van der Waals surface area contributed by atoms with E-state index in [-0.39, 0.29) is 0 Å². The van der Waals surface area contributed by atoms with E-state index < -0.39 is 0 Å². The summed E-state index contributed by atoms with van der Waals surface area (Å²) in [6.07, 6.45) is 1.82. The summed E-state index contributed by atoms with van der Waals surface area (Å²) in [5.41, 5.74) is 3.28. The van der Waals surface area contributed by atoms with Crippen molar-refractivity contribution in [1.29, 1.82) is 5.26 Å². The van der Waals surface area contributed by atoms with Gasteiger partial charge < -0.3 is 4.74 Å². The Bertz CT molecular complexity index is 1000. The zero-order valence-corrected chi connectivity index (χ0v) is 18.1. The maximum absolute atomic E-state index is 9.53. The highest BCUT2D eigenvalue weighted by Gasteiger charge is 2.10. The number of nitriles is 1. The first-order chi connectivity index (χ1) is 13.1. The van der Waals surface area contributed by atoms with Crippen molar-refractivity contribution in [2.75, 3.05) is 0 Å². The van der Waals surface area contributed by atoms with Crippen LogP contribution in [0.25, 0.3) is 11.6 Å². The molecule has 5 heteroatoms. The van der Waals surface area contributed by atoms with E-state index >= 15 is 0 Å². The van der Waals surface area contributed by atoms with Crippen molar-refractivity contribution in [3.05, 3.63) is 97.4 Å². The first-order valence-electron chi connectivity index (χ1n) is 8.10. The molecule has 0 saturated heterocycles. The lowest BCUT2D eigenvalue weighted by atomic mass is 10.0. The van der Waals surface area contributed by atoms with E-state index in [1.54, 1.807) is 12.1 Å². The zero-order valence-electron chi connectivity index (χ0n) is 14.1. The Balaban J connectivity index is 1.86. The van der Waals surface area contributed by atoms with Crippen molar-refractivity contribution in [2.45, 2.75) is 6.61 Å². The number of ether oxygens (including phenoxy) is 1. The maximum atomic E-state index is 9.53. The summed E-state index contributed by atoms with van der Waals surface area (Å²) in [4.78, 5) is 0. The second-order valence-electron chi connectivity index (χ2n) is 5.77. The van der Waals surface area contributed by atoms with Crippen LogP contribution in [-0.4, -0.2) is 0 Å². The molecule has 0 atom stereocenters. The third kappa shape index (κ3) is 5.23. The molecule has 0 bridgehead atoms. The fourth-order valence-corrected chi connectivity index (χ4v) is 4.17. The molecule has 0 aliphatic heterocycles. The SMILES string of the molecule is N#C/C(=C/c1cc(Br)c(OCc2ccccc2)c(Br)c1)c1cccc(Cl)c1. The molecule has 0 aliphatic rings. The van der Waals surface area contributed by atoms with Crippen LogP contribution in [0.3, 0.4) is 0 Å². The van der Waals surface area contributed by atoms with E-state index in [1.807, 2.05) is 60.7 Å². The van der Waals surface area contributed by atoms with Crippen LogP contribution in [0.1, 0.15) is 16.7 Å². The molecule has 0 aliphatic carbocycles. The minimum Gasteiger partial charge on any atom is -0.487 e. The summed E-state index contributed by atoms with van der Waals surface area (Å²) in [6, 6.07) is 23.3. The number of hydrogen-bond donors (Lipinski definition) is 0. The predicted molar refractivity (Wildman–Crippen MR) is 118 cm³/mol. The molecule has 0 unspecified atom stereocenters. The fourth-order valence-electron chi connectivity index (χ4n) is 2.53. The van der Waals surface area contributed by atoms with E-state index in [4.69, 9.17) is 16.3 Å². The highest BCUT2D eigenvalue weighted by Crippen LogP contribution is 2.36. The number of allylic oxidation sites excluding steroid dienone is 1. The molecule has 0 saturated carbocycles. The molecule has 27 heavy (non-hydrogen) atoms. The quantitative estimate of drug-likeness (QED) is 0.267. The van der Waals surface area contributed by atoms with Crippen molar-refractivity contribution in [2.24, 2.45) is 0 Å². The highest BCUT2D eigenvalue weighted by molar-refractivity contribution is 9.11. The van der Waals surface area contributed by atoms with Gasteiger partial charge in [0, 0.05) is 5.02 Å². The van der Waals surface area contributed by atoms with Gasteiger partial charge in [-0.1, -0.05) is 54.1 Å². The van der Waals surface area contributed by atoms with Crippen LogP contribution in [-0.2, 0) is 6.61 Å². The van der Waals surface area contributed by atoms with Gasteiger partial charge in [0.25, 0.3) is 0 Å². The lowest BCUT2D eigenvalue weighted by Gasteiger charge is -2.12. The van der Waals surface area contributed by atoms with Gasteiger partial charge in [0.2, 0.25) is 0 Å². The first-order valence-corrected chi connectivity index (χ1v) is 10.1. The Morgan fingerprint density at radius 2 is 1.70 bits per heavy atom. The largest absolute Gasteiger partial charge is 0.487 e. The Morgan fingerprint density at radius 3 is 2.33 bits per heavy atom. The lowest BCUT2D eigenvalue weighted by Crippen LogP contribution is -1.97. The Morgan fingerprint density at radius 1 is 1.00 bits per heavy atom. The van der Waals surface area contributed by atoms with Crippen LogP contribution in [0.5, 0.6) is 5.75 Å². The van der Waals surface area contributed by atoms with E-state index in [2.05, 4.69) is 37.9 Å². The molecule has 0 heterocycles. The highest BCUT2D eigenvalue weighted by atomic mass is 79.9. The number of rotatable bonds is 5. The van der Waals surface area contributed by atoms with Crippen LogP contribution in [0.4, 0.5) is 0 Å². The Hall–Kier alpha value is -2.06. The Labute approximate surface area is 180 Å². The van der Waals surface area contributed by atoms with Gasteiger partial charge >= 0.3 is 0 Å². The van der Waals surface area contributed by atoms with Crippen LogP contribution < -0.4 is 4.74 Å². The molecule has 3 rings (SSSR count). The number of halogens is 3. The number of benzene rings is 3. The second-order valence-corrected chi connectivity index (χ2v) is 7.91. The van der Waals surface area contributed by atoms with Gasteiger partial charge in [-0.05, 0) is 78.9 Å². The molecule has 134 valence electrons. The van der Waals surface area contributed by atoms with Crippen LogP contribution in [0, 0.1) is 11.3 Å². The molecule has 0 amide bonds. The topological polar surface area (TPSA) is 33.0 Å². The fraction of sp³-hybridized carbons (Fsp3) is 0.0455. The minimum atomic E-state index is 0.471. The van der Waals surface area contributed by atoms with Crippen LogP contribution in [0.15, 0.2) is 75.7 Å². The van der Waals surface area contributed by atoms with Crippen LogP contribution >= 0.6 is 43.5 Å². The predicted octanol–water partition coefficient (Wildman–Crippen LogP) is 7.51. The van der Waals surface area contributed by atoms with E-state index in [1.165, 1.54) is 0 Å². The van der Waals surface area contributed by atoms with E-state index in [0.29, 0.717) is 17.2 Å². The van der Waals surface area contributed by atoms with Crippen molar-refractivity contribution in [3.63, 3.8) is 0 Å². The lowest BCUT2D eigenvalue weighted by molar-refractivity contribution is 0.302. The third-order valence-electron chi connectivity index (χ3n) is 3.81. The van der Waals surface area contributed by atoms with Gasteiger partial charge in [-0.3, -0.25) is 0 Å². The van der Waals surface area contributed by atoms with Crippen molar-refractivity contribution >= 4 is 55.1 Å². The minimum absolute atomic E-state index is 0.471. The monoisotopic (exact) mass is 501 g/mol. The summed E-state index contributed by atoms with van der Waals surface area (Å²) in [7, 11) is 0. The first kappa shape index (κ1) is 19.7. The molecule has 0 N–H and O–H groups in total. The normalized spacial score (nSPS) is 11.1. The van der Waals surface area contributed by atoms with Crippen molar-refractivity contribution < 1.29 is 4.74 Å². The molecule has 0 radical (unpaired) electrons. The van der Waals surface area contributed by atoms with Crippen molar-refractivity contribution in [1.82, 2.24) is 0 Å². The van der Waals surface area contributed by atoms with Gasteiger partial charge in [0.05, 0.1) is 20.6 Å². The molecule has 0 aromatic heterocycles. The van der Waals surface area contributed by atoms with Gasteiger partial charge in [-0.25, -0.2) is 0 Å². The van der Waals surface area contributed by atoms with Gasteiger partial charge in [0.15, 0.2) is 0 Å². The van der Waals surface area contributed by atoms with Gasteiger partial charge in [0.1, 0.15) is 12.4 Å². The summed E-state index contributed by atoms with van der Waals surface area (Å²) >= 11 is 13.2. The van der Waals surface area contributed by atoms with Crippen LogP contribution in [0.2, 0.25) is 5.02 Å². The molecule has 0 spiro atoms. The molecule has 2 nitrogen and oxygen atoms in total. The summed E-state index contributed by atoms with van der Waals surface area (Å²) < 4.78 is 7.56. The average molecular weight is 504 g/mol. The smallest absolute Gasteiger partial charge is 0.148 e. The molecule has 3 aromatic rings. The standard InChI is InChI=1S/C22H14Br2ClNO/c23-20-10-16(9-18(13-26)17-7-4-8-19(25)12-17)11-21(24)22(20)27-14-15-5-2-1-3-6-15/h1-12H,14H2/b18-9-. The molecular weight excluding hydrogens is 490 g/mol. The Kier molecular flexibility index (Phi) is 6.73. The summed E-state index contributed by atoms with van der Waals surface area (Å²) in [6.45, 7) is 0.471. The van der Waals surface area contributed by atoms with E-state index in [0.717, 1.165) is 31.4 Å². The molecular formula is C22H14Br2ClNO. The number of hydrogen-bond acceptors (Lipinski definition) is 2. The summed E-state index contributed by atoms with van der Waals surface area (Å²) in [5.74, 6) is 0.720. The zero-order chi connectivity index (χ0) is 19.2. The van der Waals surface area contributed by atoms with Gasteiger partial charge in [-0.15, -0.1) is 0 Å². The average Bonchev–Trinajstić information content (AvgIpc) is 2.66. The molecule has 0 fully saturated rings. The molecule has 3 aromatic carbocycles. The third-order valence-corrected chi connectivity index (χ3v) is 5.23.